The molecule has 0 radical (unpaired) electrons. The first-order valence-electron chi connectivity index (χ1n) is 9.31. The Morgan fingerprint density at radius 2 is 1.30 bits per heavy atom. The van der Waals surface area contributed by atoms with Gasteiger partial charge in [-0.25, -0.2) is 8.78 Å². The SMILES string of the molecule is Cl.Fc1ccc(Nc2nc(NCC3CCCO3)nc(Nc3ccc(F)cc3)n2)cc1. The fourth-order valence-electron chi connectivity index (χ4n) is 2.90. The van der Waals surface area contributed by atoms with Crippen LogP contribution >= 0.6 is 12.4 Å². The molecule has 7 nitrogen and oxygen atoms in total. The molecule has 4 rings (SSSR count). The Balaban J connectivity index is 0.00000256. The van der Waals surface area contributed by atoms with E-state index in [1.807, 2.05) is 0 Å². The van der Waals surface area contributed by atoms with Crippen LogP contribution in [0.2, 0.25) is 0 Å². The summed E-state index contributed by atoms with van der Waals surface area (Å²) in [5.41, 5.74) is 1.27. The highest BCUT2D eigenvalue weighted by atomic mass is 35.5. The summed E-state index contributed by atoms with van der Waals surface area (Å²) in [6.07, 6.45) is 2.14. The second-order valence-corrected chi connectivity index (χ2v) is 6.59. The minimum atomic E-state index is -0.330. The quantitative estimate of drug-likeness (QED) is 0.499. The van der Waals surface area contributed by atoms with Crippen molar-refractivity contribution in [2.75, 3.05) is 29.1 Å². The van der Waals surface area contributed by atoms with Crippen molar-refractivity contribution in [2.24, 2.45) is 0 Å². The first-order valence-corrected chi connectivity index (χ1v) is 9.31. The normalized spacial score (nSPS) is 15.3. The Morgan fingerprint density at radius 3 is 1.77 bits per heavy atom. The van der Waals surface area contributed by atoms with Crippen LogP contribution in [-0.2, 0) is 4.74 Å². The highest BCUT2D eigenvalue weighted by molar-refractivity contribution is 5.85. The van der Waals surface area contributed by atoms with Crippen molar-refractivity contribution in [3.8, 4) is 0 Å². The molecule has 3 aromatic rings. The van der Waals surface area contributed by atoms with E-state index in [1.54, 1.807) is 24.3 Å². The zero-order valence-corrected chi connectivity index (χ0v) is 16.8. The largest absolute Gasteiger partial charge is 0.376 e. The van der Waals surface area contributed by atoms with Crippen molar-refractivity contribution >= 4 is 41.6 Å². The standard InChI is InChI=1S/C20H20F2N6O.ClH/c21-13-3-7-15(8-4-13)24-19-26-18(23-12-17-2-1-11-29-17)27-20(28-19)25-16-9-5-14(22)6-10-16;/h3-10,17H,1-2,11-12H2,(H3,23,24,25,26,27,28);1H. The molecule has 0 saturated carbocycles. The number of nitrogens with one attached hydrogen (secondary N) is 3. The summed E-state index contributed by atoms with van der Waals surface area (Å²) < 4.78 is 31.9. The number of hydrogen-bond donors (Lipinski definition) is 3. The van der Waals surface area contributed by atoms with Crippen LogP contribution < -0.4 is 16.0 Å². The van der Waals surface area contributed by atoms with Crippen molar-refractivity contribution < 1.29 is 13.5 Å². The van der Waals surface area contributed by atoms with Gasteiger partial charge in [-0.15, -0.1) is 12.4 Å². The van der Waals surface area contributed by atoms with Gasteiger partial charge in [0.1, 0.15) is 11.6 Å². The average molecular weight is 435 g/mol. The van der Waals surface area contributed by atoms with E-state index in [-0.39, 0.29) is 42.0 Å². The maximum Gasteiger partial charge on any atom is 0.233 e. The maximum absolute atomic E-state index is 13.1. The Morgan fingerprint density at radius 1 is 0.800 bits per heavy atom. The van der Waals surface area contributed by atoms with E-state index in [0.29, 0.717) is 23.9 Å². The fourth-order valence-corrected chi connectivity index (χ4v) is 2.90. The van der Waals surface area contributed by atoms with Gasteiger partial charge in [0.2, 0.25) is 17.8 Å². The smallest absolute Gasteiger partial charge is 0.233 e. The molecule has 3 N–H and O–H groups in total. The van der Waals surface area contributed by atoms with E-state index in [0.717, 1.165) is 19.4 Å². The van der Waals surface area contributed by atoms with Crippen LogP contribution in [-0.4, -0.2) is 34.2 Å². The molecule has 0 bridgehead atoms. The van der Waals surface area contributed by atoms with Gasteiger partial charge in [-0.05, 0) is 61.4 Å². The third-order valence-electron chi connectivity index (χ3n) is 4.35. The molecule has 1 fully saturated rings. The lowest BCUT2D eigenvalue weighted by Crippen LogP contribution is -2.20. The molecule has 2 heterocycles. The number of nitrogens with zero attached hydrogens (tertiary/aromatic N) is 3. The van der Waals surface area contributed by atoms with E-state index in [9.17, 15) is 8.78 Å². The molecule has 1 atom stereocenters. The van der Waals surface area contributed by atoms with Crippen LogP contribution in [0.3, 0.4) is 0 Å². The van der Waals surface area contributed by atoms with E-state index >= 15 is 0 Å². The van der Waals surface area contributed by atoms with Gasteiger partial charge >= 0.3 is 0 Å². The summed E-state index contributed by atoms with van der Waals surface area (Å²) in [4.78, 5) is 13.1. The maximum atomic E-state index is 13.1. The van der Waals surface area contributed by atoms with Crippen LogP contribution in [0, 0.1) is 11.6 Å². The third kappa shape index (κ3) is 5.98. The molecule has 30 heavy (non-hydrogen) atoms. The van der Waals surface area contributed by atoms with Crippen molar-refractivity contribution in [3.63, 3.8) is 0 Å². The van der Waals surface area contributed by atoms with E-state index in [2.05, 4.69) is 30.9 Å². The van der Waals surface area contributed by atoms with E-state index in [4.69, 9.17) is 4.74 Å². The van der Waals surface area contributed by atoms with Gasteiger partial charge in [-0.1, -0.05) is 0 Å². The zero-order chi connectivity index (χ0) is 20.1. The summed E-state index contributed by atoms with van der Waals surface area (Å²) in [5.74, 6) is 0.273. The lowest BCUT2D eigenvalue weighted by atomic mass is 10.2. The zero-order valence-electron chi connectivity index (χ0n) is 15.9. The molecule has 2 aromatic carbocycles. The minimum absolute atomic E-state index is 0. The topological polar surface area (TPSA) is 84.0 Å². The van der Waals surface area contributed by atoms with E-state index < -0.39 is 0 Å². The molecule has 0 amide bonds. The molecule has 1 unspecified atom stereocenters. The summed E-state index contributed by atoms with van der Waals surface area (Å²) >= 11 is 0. The second-order valence-electron chi connectivity index (χ2n) is 6.59. The molecule has 1 aliphatic heterocycles. The van der Waals surface area contributed by atoms with Gasteiger partial charge < -0.3 is 20.7 Å². The Bertz CT molecular complexity index is 887. The molecule has 1 aromatic heterocycles. The Kier molecular flexibility index (Phi) is 7.31. The Labute approximate surface area is 178 Å². The second kappa shape index (κ2) is 10.1. The van der Waals surface area contributed by atoms with Crippen LogP contribution in [0.25, 0.3) is 0 Å². The number of anilines is 5. The van der Waals surface area contributed by atoms with Gasteiger partial charge in [-0.3, -0.25) is 0 Å². The van der Waals surface area contributed by atoms with Gasteiger partial charge in [-0.2, -0.15) is 15.0 Å². The fraction of sp³-hybridized carbons (Fsp3) is 0.250. The third-order valence-corrected chi connectivity index (χ3v) is 4.35. The van der Waals surface area contributed by atoms with Crippen molar-refractivity contribution in [1.29, 1.82) is 0 Å². The number of halogens is 3. The molecule has 158 valence electrons. The lowest BCUT2D eigenvalue weighted by molar-refractivity contribution is 0.120. The molecule has 10 heteroatoms. The lowest BCUT2D eigenvalue weighted by Gasteiger charge is -2.13. The summed E-state index contributed by atoms with van der Waals surface area (Å²) in [6, 6.07) is 11.7. The molecule has 1 saturated heterocycles. The average Bonchev–Trinajstić information content (AvgIpc) is 3.24. The van der Waals surface area contributed by atoms with Crippen LogP contribution in [0.15, 0.2) is 48.5 Å². The molecule has 0 aliphatic carbocycles. The number of hydrogen-bond acceptors (Lipinski definition) is 7. The first kappa shape index (κ1) is 21.7. The Hall–Kier alpha value is -3.04. The molecule has 0 spiro atoms. The molecular weight excluding hydrogens is 414 g/mol. The van der Waals surface area contributed by atoms with Gasteiger partial charge in [0.25, 0.3) is 0 Å². The highest BCUT2D eigenvalue weighted by Gasteiger charge is 2.16. The monoisotopic (exact) mass is 434 g/mol. The number of aromatic nitrogens is 3. The van der Waals surface area contributed by atoms with Crippen molar-refractivity contribution in [3.05, 3.63) is 60.2 Å². The van der Waals surface area contributed by atoms with Crippen LogP contribution in [0.4, 0.5) is 38.0 Å². The number of ether oxygens (including phenoxy) is 1. The van der Waals surface area contributed by atoms with E-state index in [1.165, 1.54) is 24.3 Å². The minimum Gasteiger partial charge on any atom is -0.376 e. The van der Waals surface area contributed by atoms with Crippen LogP contribution in [0.5, 0.6) is 0 Å². The van der Waals surface area contributed by atoms with Crippen molar-refractivity contribution in [1.82, 2.24) is 15.0 Å². The first-order chi connectivity index (χ1) is 14.1. The van der Waals surface area contributed by atoms with Gasteiger partial charge in [0, 0.05) is 24.5 Å². The summed E-state index contributed by atoms with van der Waals surface area (Å²) in [7, 11) is 0. The van der Waals surface area contributed by atoms with Gasteiger partial charge in [0.15, 0.2) is 0 Å². The predicted molar refractivity (Wildman–Crippen MR) is 114 cm³/mol. The van der Waals surface area contributed by atoms with Crippen LogP contribution in [0.1, 0.15) is 12.8 Å². The highest BCUT2D eigenvalue weighted by Crippen LogP contribution is 2.20. The summed E-state index contributed by atoms with van der Waals surface area (Å²) in [5, 5.41) is 9.24. The van der Waals surface area contributed by atoms with Gasteiger partial charge in [0.05, 0.1) is 6.10 Å². The molecule has 1 aliphatic rings. The predicted octanol–water partition coefficient (Wildman–Crippen LogP) is 4.65. The number of rotatable bonds is 7. The molecular formula is C20H21ClF2N6O. The number of benzene rings is 2. The summed E-state index contributed by atoms with van der Waals surface area (Å²) in [6.45, 7) is 1.34. The van der Waals surface area contributed by atoms with Crippen molar-refractivity contribution in [2.45, 2.75) is 18.9 Å².